The second-order valence-electron chi connectivity index (χ2n) is 5.63. The molecule has 1 rings (SSSR count). The molecule has 0 aliphatic carbocycles. The molecule has 0 aromatic heterocycles. The minimum atomic E-state index is -0.313. The van der Waals surface area contributed by atoms with Crippen molar-refractivity contribution in [3.05, 3.63) is 34.1 Å². The van der Waals surface area contributed by atoms with Crippen LogP contribution in [0.1, 0.15) is 45.2 Å². The Morgan fingerprint density at radius 3 is 2.70 bits per heavy atom. The van der Waals surface area contributed by atoms with Crippen LogP contribution in [0.25, 0.3) is 0 Å². The molecule has 1 aromatic carbocycles. The summed E-state index contributed by atoms with van der Waals surface area (Å²) >= 11 is 3.15. The summed E-state index contributed by atoms with van der Waals surface area (Å²) < 4.78 is 18.6. The fraction of sp³-hybridized carbons (Fsp3) is 0.533. The number of nitrogens with two attached hydrogens (primary N) is 1. The number of ether oxygens (including phenoxy) is 1. The molecule has 0 aliphatic heterocycles. The van der Waals surface area contributed by atoms with Gasteiger partial charge in [-0.15, -0.1) is 0 Å². The molecule has 5 heteroatoms. The summed E-state index contributed by atoms with van der Waals surface area (Å²) in [6, 6.07) is 4.49. The van der Waals surface area contributed by atoms with Gasteiger partial charge in [0, 0.05) is 6.04 Å². The first-order valence-electron chi connectivity index (χ1n) is 6.61. The molecule has 0 bridgehead atoms. The van der Waals surface area contributed by atoms with Gasteiger partial charge in [-0.05, 0) is 52.4 Å². The summed E-state index contributed by atoms with van der Waals surface area (Å²) in [7, 11) is 0. The molecule has 0 heterocycles. The summed E-state index contributed by atoms with van der Waals surface area (Å²) in [6.07, 6.45) is 0.931. The molecule has 1 unspecified atom stereocenters. The lowest BCUT2D eigenvalue weighted by atomic mass is 9.81. The van der Waals surface area contributed by atoms with E-state index in [0.717, 1.165) is 5.56 Å². The molecule has 1 aromatic rings. The van der Waals surface area contributed by atoms with Crippen LogP contribution in [-0.2, 0) is 9.53 Å². The maximum atomic E-state index is 13.2. The zero-order valence-electron chi connectivity index (χ0n) is 12.1. The third-order valence-electron chi connectivity index (χ3n) is 3.07. The van der Waals surface area contributed by atoms with E-state index >= 15 is 0 Å². The highest BCUT2D eigenvalue weighted by Crippen LogP contribution is 2.33. The molecule has 0 fully saturated rings. The van der Waals surface area contributed by atoms with E-state index in [1.807, 2.05) is 13.8 Å². The Kier molecular flexibility index (Phi) is 6.14. The average Bonchev–Trinajstić information content (AvgIpc) is 2.31. The molecule has 112 valence electrons. The van der Waals surface area contributed by atoms with Crippen molar-refractivity contribution in [2.75, 3.05) is 6.61 Å². The van der Waals surface area contributed by atoms with Gasteiger partial charge in [-0.1, -0.05) is 19.9 Å². The molecule has 0 radical (unpaired) electrons. The van der Waals surface area contributed by atoms with E-state index in [2.05, 4.69) is 15.9 Å². The first-order chi connectivity index (χ1) is 9.25. The Hall–Kier alpha value is -0.940. The molecular weight excluding hydrogens is 325 g/mol. The SMILES string of the molecule is CCOC(=O)CC(C)(C)CC(N)c1ccc(F)c(Br)c1. The molecule has 1 atom stereocenters. The van der Waals surface area contributed by atoms with Crippen LogP contribution in [0.3, 0.4) is 0 Å². The largest absolute Gasteiger partial charge is 0.466 e. The Balaban J connectivity index is 2.70. The lowest BCUT2D eigenvalue weighted by molar-refractivity contribution is -0.145. The number of hydrogen-bond acceptors (Lipinski definition) is 3. The fourth-order valence-electron chi connectivity index (χ4n) is 2.13. The number of carbonyl (C=O) groups is 1. The highest BCUT2D eigenvalue weighted by molar-refractivity contribution is 9.10. The molecule has 20 heavy (non-hydrogen) atoms. The molecule has 0 spiro atoms. The monoisotopic (exact) mass is 345 g/mol. The van der Waals surface area contributed by atoms with Crippen LogP contribution in [0.15, 0.2) is 22.7 Å². The van der Waals surface area contributed by atoms with Crippen molar-refractivity contribution in [3.63, 3.8) is 0 Å². The average molecular weight is 346 g/mol. The van der Waals surface area contributed by atoms with E-state index in [0.29, 0.717) is 23.9 Å². The molecular formula is C15H21BrFNO2. The normalized spacial score (nSPS) is 13.1. The van der Waals surface area contributed by atoms with Crippen LogP contribution in [0.2, 0.25) is 0 Å². The van der Waals surface area contributed by atoms with E-state index in [1.165, 1.54) is 6.07 Å². The highest BCUT2D eigenvalue weighted by Gasteiger charge is 2.26. The van der Waals surface area contributed by atoms with Crippen LogP contribution < -0.4 is 5.73 Å². The predicted molar refractivity (Wildman–Crippen MR) is 80.7 cm³/mol. The molecule has 0 saturated heterocycles. The van der Waals surface area contributed by atoms with Crippen LogP contribution in [-0.4, -0.2) is 12.6 Å². The standard InChI is InChI=1S/C15H21BrFNO2/c1-4-20-14(19)9-15(2,3)8-13(18)10-5-6-12(17)11(16)7-10/h5-7,13H,4,8-9,18H2,1-3H3. The van der Waals surface area contributed by atoms with E-state index in [1.54, 1.807) is 19.1 Å². The van der Waals surface area contributed by atoms with Crippen LogP contribution in [0.4, 0.5) is 4.39 Å². The van der Waals surface area contributed by atoms with Gasteiger partial charge in [0.2, 0.25) is 0 Å². The van der Waals surface area contributed by atoms with Crippen LogP contribution in [0.5, 0.6) is 0 Å². The fourth-order valence-corrected chi connectivity index (χ4v) is 2.53. The number of halogens is 2. The van der Waals surface area contributed by atoms with Gasteiger partial charge in [-0.3, -0.25) is 4.79 Å². The van der Waals surface area contributed by atoms with Crippen molar-refractivity contribution in [2.24, 2.45) is 11.1 Å². The van der Waals surface area contributed by atoms with E-state index in [4.69, 9.17) is 10.5 Å². The Morgan fingerprint density at radius 1 is 1.50 bits per heavy atom. The van der Waals surface area contributed by atoms with E-state index < -0.39 is 0 Å². The van der Waals surface area contributed by atoms with Gasteiger partial charge in [0.1, 0.15) is 5.82 Å². The van der Waals surface area contributed by atoms with Gasteiger partial charge in [-0.2, -0.15) is 0 Å². The number of hydrogen-bond donors (Lipinski definition) is 1. The second-order valence-corrected chi connectivity index (χ2v) is 6.48. The Bertz CT molecular complexity index is 477. The number of carbonyl (C=O) groups excluding carboxylic acids is 1. The Morgan fingerprint density at radius 2 is 2.15 bits per heavy atom. The van der Waals surface area contributed by atoms with Crippen LogP contribution in [0, 0.1) is 11.2 Å². The maximum absolute atomic E-state index is 13.2. The second kappa shape index (κ2) is 7.18. The molecule has 0 amide bonds. The smallest absolute Gasteiger partial charge is 0.306 e. The summed E-state index contributed by atoms with van der Waals surface area (Å²) in [5.74, 6) is -0.531. The summed E-state index contributed by atoms with van der Waals surface area (Å²) in [4.78, 5) is 11.6. The minimum Gasteiger partial charge on any atom is -0.466 e. The summed E-state index contributed by atoms with van der Waals surface area (Å²) in [5.41, 5.74) is 6.73. The van der Waals surface area contributed by atoms with Crippen LogP contribution >= 0.6 is 15.9 Å². The van der Waals surface area contributed by atoms with Gasteiger partial charge in [-0.25, -0.2) is 4.39 Å². The van der Waals surface area contributed by atoms with Gasteiger partial charge in [0.25, 0.3) is 0 Å². The molecule has 0 aliphatic rings. The lowest BCUT2D eigenvalue weighted by Crippen LogP contribution is -2.25. The third-order valence-corrected chi connectivity index (χ3v) is 3.68. The van der Waals surface area contributed by atoms with Crippen molar-refractivity contribution >= 4 is 21.9 Å². The number of rotatable bonds is 6. The minimum absolute atomic E-state index is 0.218. The third kappa shape index (κ3) is 5.21. The summed E-state index contributed by atoms with van der Waals surface area (Å²) in [6.45, 7) is 6.11. The topological polar surface area (TPSA) is 52.3 Å². The molecule has 0 saturated carbocycles. The van der Waals surface area contributed by atoms with E-state index in [9.17, 15) is 9.18 Å². The van der Waals surface area contributed by atoms with Gasteiger partial charge in [0.15, 0.2) is 0 Å². The molecule has 2 N–H and O–H groups in total. The van der Waals surface area contributed by atoms with Crippen molar-refractivity contribution in [3.8, 4) is 0 Å². The lowest BCUT2D eigenvalue weighted by Gasteiger charge is -2.27. The van der Waals surface area contributed by atoms with Gasteiger partial charge < -0.3 is 10.5 Å². The quantitative estimate of drug-likeness (QED) is 0.794. The zero-order valence-corrected chi connectivity index (χ0v) is 13.7. The Labute approximate surface area is 127 Å². The van der Waals surface area contributed by atoms with Crippen molar-refractivity contribution in [1.29, 1.82) is 0 Å². The zero-order chi connectivity index (χ0) is 15.3. The van der Waals surface area contributed by atoms with Crippen molar-refractivity contribution < 1.29 is 13.9 Å². The first-order valence-corrected chi connectivity index (χ1v) is 7.40. The number of esters is 1. The first kappa shape index (κ1) is 17.1. The predicted octanol–water partition coefficient (Wildman–Crippen LogP) is 3.96. The van der Waals surface area contributed by atoms with Gasteiger partial charge >= 0.3 is 5.97 Å². The van der Waals surface area contributed by atoms with Crippen molar-refractivity contribution in [2.45, 2.75) is 39.7 Å². The summed E-state index contributed by atoms with van der Waals surface area (Å²) in [5, 5.41) is 0. The molecule has 3 nitrogen and oxygen atoms in total. The van der Waals surface area contributed by atoms with Crippen molar-refractivity contribution in [1.82, 2.24) is 0 Å². The van der Waals surface area contributed by atoms with Gasteiger partial charge in [0.05, 0.1) is 17.5 Å². The highest BCUT2D eigenvalue weighted by atomic mass is 79.9. The van der Waals surface area contributed by atoms with E-state index in [-0.39, 0.29) is 23.2 Å². The number of benzene rings is 1. The maximum Gasteiger partial charge on any atom is 0.306 e.